The summed E-state index contributed by atoms with van der Waals surface area (Å²) in [6, 6.07) is 0. The number of hydrogen-bond acceptors (Lipinski definition) is 23. The highest BCUT2D eigenvalue weighted by atomic mass is 16.8. The summed E-state index contributed by atoms with van der Waals surface area (Å²) in [6.07, 6.45) is -26.0. The second kappa shape index (κ2) is 23.7. The first-order valence-electron chi connectivity index (χ1n) is 28.4. The first-order chi connectivity index (χ1) is 36.5. The van der Waals surface area contributed by atoms with Crippen LogP contribution in [0.1, 0.15) is 120 Å². The third-order valence-corrected chi connectivity index (χ3v) is 21.0. The van der Waals surface area contributed by atoms with Crippen LogP contribution in [0.25, 0.3) is 0 Å². The third-order valence-electron chi connectivity index (χ3n) is 21.0. The number of aliphatic hydroxyl groups excluding tert-OH is 14. The Bertz CT molecular complexity index is 2020. The van der Waals surface area contributed by atoms with E-state index in [-0.39, 0.29) is 40.9 Å². The first-order valence-corrected chi connectivity index (χ1v) is 28.4. The second-order valence-corrected chi connectivity index (χ2v) is 26.1. The maximum absolute atomic E-state index is 12.7. The van der Waals surface area contributed by atoms with E-state index in [0.717, 1.165) is 19.3 Å². The molecule has 15 N–H and O–H groups in total. The predicted molar refractivity (Wildman–Crippen MR) is 271 cm³/mol. The summed E-state index contributed by atoms with van der Waals surface area (Å²) in [4.78, 5) is 0. The third kappa shape index (κ3) is 10.9. The van der Waals surface area contributed by atoms with Crippen molar-refractivity contribution in [1.29, 1.82) is 0 Å². The number of hydrogen-bond donors (Lipinski definition) is 15. The van der Waals surface area contributed by atoms with Crippen LogP contribution in [0.3, 0.4) is 0 Å². The SMILES string of the molecule is CC[C@H]1O[C@@H](O[C@H](CC[C@@H](C)C2CC[C@@]3(C)C4CC=C5C(CC[C@H](O[C@@H]6O[C@H](CO)[C@@H](O)[C@H](O)[C@H]6O)C5(C)C)[C@]4(C)[C@H](O)C[C@]23C)C(C)(C)O)[C@H](O[C@@H]2O[C@H](CO)[C@@H](O)[C@H](O[C@@H]3O[C@H](CO)[C@@H](O)[C@H](O)[C@H]3O)[C@H]2O)[C@@H](O)[C@@H]1O. The zero-order valence-corrected chi connectivity index (χ0v) is 46.6. The number of fused-ring (bicyclic) bond motifs is 5. The fourth-order valence-corrected chi connectivity index (χ4v) is 15.9. The van der Waals surface area contributed by atoms with Crippen LogP contribution >= 0.6 is 0 Å². The van der Waals surface area contributed by atoms with Gasteiger partial charge in [0.05, 0.1) is 49.8 Å². The van der Waals surface area contributed by atoms with E-state index in [1.54, 1.807) is 20.8 Å². The normalized spacial score (nSPS) is 51.4. The molecule has 4 aliphatic carbocycles. The number of allylic oxidation sites excluding steroid dienone is 1. The average Bonchev–Trinajstić information content (AvgIpc) is 3.90. The van der Waals surface area contributed by atoms with E-state index >= 15 is 0 Å². The Balaban J connectivity index is 0.966. The van der Waals surface area contributed by atoms with Gasteiger partial charge in [0.2, 0.25) is 0 Å². The van der Waals surface area contributed by atoms with Crippen LogP contribution in [0.2, 0.25) is 0 Å². The fraction of sp³-hybridized carbons (Fsp3) is 0.964. The van der Waals surface area contributed by atoms with Gasteiger partial charge in [-0.1, -0.05) is 60.1 Å². The smallest absolute Gasteiger partial charge is 0.187 e. The molecule has 23 nitrogen and oxygen atoms in total. The highest BCUT2D eigenvalue weighted by Crippen LogP contribution is 2.75. The van der Waals surface area contributed by atoms with Crippen LogP contribution in [0, 0.1) is 45.3 Å². The van der Waals surface area contributed by atoms with E-state index in [1.807, 2.05) is 0 Å². The van der Waals surface area contributed by atoms with Gasteiger partial charge < -0.3 is 114 Å². The Kier molecular flexibility index (Phi) is 19.1. The van der Waals surface area contributed by atoms with Gasteiger partial charge in [0, 0.05) is 10.8 Å². The number of rotatable bonds is 17. The van der Waals surface area contributed by atoms with Gasteiger partial charge in [0.25, 0.3) is 0 Å². The van der Waals surface area contributed by atoms with E-state index in [2.05, 4.69) is 47.6 Å². The molecule has 0 amide bonds. The molecule has 4 aliphatic heterocycles. The Morgan fingerprint density at radius 2 is 1.10 bits per heavy atom. The van der Waals surface area contributed by atoms with E-state index in [0.29, 0.717) is 32.1 Å². The van der Waals surface area contributed by atoms with Gasteiger partial charge in [-0.3, -0.25) is 0 Å². The Morgan fingerprint density at radius 3 is 1.65 bits per heavy atom. The van der Waals surface area contributed by atoms with Crippen molar-refractivity contribution >= 4 is 0 Å². The van der Waals surface area contributed by atoms with Crippen molar-refractivity contribution in [1.82, 2.24) is 0 Å². The molecule has 452 valence electrons. The van der Waals surface area contributed by atoms with Gasteiger partial charge in [-0.05, 0) is 106 Å². The zero-order chi connectivity index (χ0) is 57.5. The number of ether oxygens (including phenoxy) is 8. The van der Waals surface area contributed by atoms with Gasteiger partial charge in [-0.2, -0.15) is 0 Å². The standard InChI is InChI=1S/C55H94O23/c1-10-27-35(60)41(66)46(78-49-44(69)45(38(63)30(22-58)74-49)77-48-43(68)40(65)37(62)29(21-57)73-48)50(71-27)76-34(52(5,6)70)15-11-23(2)24-17-18-53(7)31-14-12-25-26(55(31,9)32(59)19-54(24,53)8)13-16-33(51(25,3)4)75-47-42(67)39(64)36(61)28(20-56)72-47/h12,23-24,26-50,56-70H,10-11,13-22H2,1-9H3/t23-,24?,26?,27-,28-,29-,30-,31?,32-,33+,34-,35-,36-,37-,38-,39+,40+,41+,42-,43-,44-,45+,46-,47+,48+,49+,50+,53+,54-,55+/m1/s1. The highest BCUT2D eigenvalue weighted by Gasteiger charge is 2.70. The topological polar surface area (TPSA) is 377 Å². The highest BCUT2D eigenvalue weighted by molar-refractivity contribution is 5.32. The zero-order valence-electron chi connectivity index (χ0n) is 46.6. The minimum absolute atomic E-state index is 0.0297. The van der Waals surface area contributed by atoms with Crippen molar-refractivity contribution in [3.05, 3.63) is 11.6 Å². The molecule has 3 saturated carbocycles. The second-order valence-electron chi connectivity index (χ2n) is 26.1. The van der Waals surface area contributed by atoms with Crippen LogP contribution < -0.4 is 0 Å². The van der Waals surface area contributed by atoms with Gasteiger partial charge in [0.1, 0.15) is 91.6 Å². The van der Waals surface area contributed by atoms with Crippen LogP contribution in [0.4, 0.5) is 0 Å². The fourth-order valence-electron chi connectivity index (χ4n) is 15.9. The van der Waals surface area contributed by atoms with Crippen molar-refractivity contribution in [3.63, 3.8) is 0 Å². The predicted octanol–water partition coefficient (Wildman–Crippen LogP) is -1.81. The van der Waals surface area contributed by atoms with E-state index in [9.17, 15) is 76.6 Å². The molecule has 3 unspecified atom stereocenters. The Labute approximate surface area is 457 Å². The van der Waals surface area contributed by atoms with E-state index in [4.69, 9.17) is 37.9 Å². The Morgan fingerprint density at radius 1 is 0.590 bits per heavy atom. The molecular formula is C55H94O23. The monoisotopic (exact) mass is 1120 g/mol. The summed E-state index contributed by atoms with van der Waals surface area (Å²) >= 11 is 0. The molecule has 23 heteroatoms. The Hall–Kier alpha value is -1.18. The van der Waals surface area contributed by atoms with E-state index < -0.39 is 177 Å². The molecule has 0 aromatic rings. The van der Waals surface area contributed by atoms with Gasteiger partial charge in [-0.15, -0.1) is 0 Å². The molecule has 7 fully saturated rings. The summed E-state index contributed by atoms with van der Waals surface area (Å²) in [6.45, 7) is 16.1. The molecule has 0 aromatic heterocycles. The summed E-state index contributed by atoms with van der Waals surface area (Å²) in [7, 11) is 0. The largest absolute Gasteiger partial charge is 0.394 e. The van der Waals surface area contributed by atoms with Gasteiger partial charge in [-0.25, -0.2) is 0 Å². The quantitative estimate of drug-likeness (QED) is 0.0714. The summed E-state index contributed by atoms with van der Waals surface area (Å²) in [5, 5.41) is 163. The summed E-state index contributed by atoms with van der Waals surface area (Å²) in [5.41, 5.74) is -1.84. The minimum atomic E-state index is -1.97. The van der Waals surface area contributed by atoms with Gasteiger partial charge in [0.15, 0.2) is 25.2 Å². The molecule has 0 bridgehead atoms. The maximum atomic E-state index is 12.7. The molecule has 78 heavy (non-hydrogen) atoms. The average molecular weight is 1120 g/mol. The maximum Gasteiger partial charge on any atom is 0.187 e. The van der Waals surface area contributed by atoms with Crippen molar-refractivity contribution < 1.29 is 114 Å². The van der Waals surface area contributed by atoms with Crippen LogP contribution in [0.15, 0.2) is 11.6 Å². The lowest BCUT2D eigenvalue weighted by Crippen LogP contribution is -2.67. The lowest BCUT2D eigenvalue weighted by atomic mass is 9.38. The van der Waals surface area contributed by atoms with Crippen LogP contribution in [-0.2, 0) is 37.9 Å². The minimum Gasteiger partial charge on any atom is -0.394 e. The molecular weight excluding hydrogens is 1030 g/mol. The molecule has 0 radical (unpaired) electrons. The molecule has 4 saturated heterocycles. The van der Waals surface area contributed by atoms with Crippen molar-refractivity contribution in [2.24, 2.45) is 45.3 Å². The van der Waals surface area contributed by atoms with Crippen molar-refractivity contribution in [2.75, 3.05) is 19.8 Å². The lowest BCUT2D eigenvalue weighted by Gasteiger charge is -2.67. The first kappa shape index (κ1) is 62.9. The van der Waals surface area contributed by atoms with Crippen LogP contribution in [-0.4, -0.2) is 243 Å². The molecule has 0 spiro atoms. The van der Waals surface area contributed by atoms with Crippen molar-refractivity contribution in [3.8, 4) is 0 Å². The molecule has 8 aliphatic rings. The van der Waals surface area contributed by atoms with Crippen LogP contribution in [0.5, 0.6) is 0 Å². The molecule has 4 heterocycles. The number of aliphatic hydroxyl groups is 15. The lowest BCUT2D eigenvalue weighted by molar-refractivity contribution is -0.389. The molecule has 8 rings (SSSR count). The molecule has 0 aromatic carbocycles. The summed E-state index contributed by atoms with van der Waals surface area (Å²) < 4.78 is 48.2. The van der Waals surface area contributed by atoms with E-state index in [1.165, 1.54) is 5.57 Å². The van der Waals surface area contributed by atoms with Gasteiger partial charge >= 0.3 is 0 Å². The molecule has 30 atom stereocenters. The summed E-state index contributed by atoms with van der Waals surface area (Å²) in [5.74, 6) is 0.382. The van der Waals surface area contributed by atoms with Crippen molar-refractivity contribution in [2.45, 2.75) is 267 Å².